The molecule has 10 heteroatoms. The van der Waals surface area contributed by atoms with Crippen molar-refractivity contribution in [2.45, 2.75) is 71.4 Å². The van der Waals surface area contributed by atoms with Crippen LogP contribution in [0.4, 0.5) is 13.2 Å². The number of hydrogen-bond acceptors (Lipinski definition) is 7. The Kier molecular flexibility index (Phi) is 7.76. The van der Waals surface area contributed by atoms with Crippen LogP contribution in [0.15, 0.2) is 46.6 Å². The average molecular weight is 541 g/mol. The van der Waals surface area contributed by atoms with Gasteiger partial charge < -0.3 is 19.1 Å². The van der Waals surface area contributed by atoms with Gasteiger partial charge in [0.05, 0.1) is 10.8 Å². The number of hydroxylamine groups is 1. The summed E-state index contributed by atoms with van der Waals surface area (Å²) in [6.45, 7) is 6.19. The molecule has 0 N–H and O–H groups in total. The summed E-state index contributed by atoms with van der Waals surface area (Å²) >= 11 is -0.860. The van der Waals surface area contributed by atoms with Crippen molar-refractivity contribution >= 4 is 23.9 Å². The molecule has 37 heavy (non-hydrogen) atoms. The Labute approximate surface area is 219 Å². The lowest BCUT2D eigenvalue weighted by atomic mass is 9.71. The van der Waals surface area contributed by atoms with Gasteiger partial charge in [0.25, 0.3) is 0 Å². The van der Waals surface area contributed by atoms with Gasteiger partial charge in [0.1, 0.15) is 12.7 Å². The second-order valence-electron chi connectivity index (χ2n) is 11.4. The zero-order valence-corrected chi connectivity index (χ0v) is 22.3. The molecule has 204 valence electrons. The number of ether oxygens (including phenoxy) is 2. The predicted molar refractivity (Wildman–Crippen MR) is 135 cm³/mol. The van der Waals surface area contributed by atoms with E-state index in [2.05, 4.69) is 12.2 Å². The first-order valence-electron chi connectivity index (χ1n) is 12.6. The summed E-state index contributed by atoms with van der Waals surface area (Å²) in [6, 6.07) is 0. The average Bonchev–Trinajstić information content (AvgIpc) is 3.43. The van der Waals surface area contributed by atoms with Crippen LogP contribution in [-0.4, -0.2) is 41.2 Å². The van der Waals surface area contributed by atoms with Crippen LogP contribution < -0.4 is 0 Å². The number of esters is 2. The summed E-state index contributed by atoms with van der Waals surface area (Å²) in [5.74, 6) is -0.960. The highest BCUT2D eigenvalue weighted by Crippen LogP contribution is 2.47. The van der Waals surface area contributed by atoms with E-state index in [1.165, 1.54) is 11.1 Å². The highest BCUT2D eigenvalue weighted by atomic mass is 32.2. The summed E-state index contributed by atoms with van der Waals surface area (Å²) in [5.41, 5.74) is -1.98. The van der Waals surface area contributed by atoms with Gasteiger partial charge in [-0.2, -0.15) is 13.2 Å². The number of hydrogen-bond donors (Lipinski definition) is 0. The van der Waals surface area contributed by atoms with Gasteiger partial charge in [0.2, 0.25) is 0 Å². The zero-order valence-electron chi connectivity index (χ0n) is 21.5. The van der Waals surface area contributed by atoms with Crippen molar-refractivity contribution in [1.82, 2.24) is 4.47 Å². The quantitative estimate of drug-likeness (QED) is 0.152. The number of nitrogens with zero attached hydrogens (tertiary/aromatic N) is 1. The van der Waals surface area contributed by atoms with E-state index >= 15 is 0 Å². The van der Waals surface area contributed by atoms with E-state index in [0.717, 1.165) is 30.4 Å². The predicted octanol–water partition coefficient (Wildman–Crippen LogP) is 6.40. The molecule has 0 saturated heterocycles. The van der Waals surface area contributed by atoms with Crippen molar-refractivity contribution in [3.63, 3.8) is 0 Å². The minimum atomic E-state index is -4.79. The van der Waals surface area contributed by atoms with E-state index in [-0.39, 0.29) is 16.3 Å². The number of halogens is 3. The standard InChI is InChI=1S/C27H33F3NO5S/c1-16-5-18-7-19(8-18)12-25(3,10-16)24(33)36-22(14-31(34)37-27(28,29)30)15-35-23(32)26(4)11-17(2)6-20-9-21(20)13-26/h5-6,12-13,16-17,22H,7-11,14-15H2,1-4H3/q-1. The lowest BCUT2D eigenvalue weighted by Gasteiger charge is -2.37. The van der Waals surface area contributed by atoms with E-state index in [1.807, 2.05) is 26.0 Å². The fourth-order valence-electron chi connectivity index (χ4n) is 5.72. The third kappa shape index (κ3) is 7.09. The highest BCUT2D eigenvalue weighted by molar-refractivity contribution is 7.97. The molecule has 5 aliphatic carbocycles. The molecule has 0 aromatic rings. The first kappa shape index (κ1) is 28.0. The van der Waals surface area contributed by atoms with E-state index in [9.17, 15) is 28.0 Å². The Hall–Kier alpha value is -2.04. The minimum Gasteiger partial charge on any atom is -0.775 e. The number of allylic oxidation sites excluding steroid dienone is 6. The number of rotatable bonds is 8. The molecule has 0 aromatic heterocycles. The maximum Gasteiger partial charge on any atom is 0.455 e. The van der Waals surface area contributed by atoms with Gasteiger partial charge in [0.15, 0.2) is 0 Å². The van der Waals surface area contributed by atoms with Gasteiger partial charge in [-0.15, -0.1) is 0 Å². The van der Waals surface area contributed by atoms with Crippen LogP contribution in [0.25, 0.3) is 0 Å². The highest BCUT2D eigenvalue weighted by Gasteiger charge is 2.42. The number of carbonyl (C=O) groups is 2. The van der Waals surface area contributed by atoms with Crippen LogP contribution in [0.2, 0.25) is 0 Å². The van der Waals surface area contributed by atoms with Crippen molar-refractivity contribution in [2.24, 2.45) is 22.7 Å². The van der Waals surface area contributed by atoms with Gasteiger partial charge in [-0.3, -0.25) is 9.59 Å². The fraction of sp³-hybridized carbons (Fsp3) is 0.630. The third-order valence-corrected chi connectivity index (χ3v) is 7.81. The molecule has 5 rings (SSSR count). The Morgan fingerprint density at radius 3 is 2.30 bits per heavy atom. The van der Waals surface area contributed by atoms with E-state index < -0.39 is 59.5 Å². The van der Waals surface area contributed by atoms with Gasteiger partial charge in [-0.25, -0.2) is 0 Å². The van der Waals surface area contributed by atoms with Crippen LogP contribution in [0, 0.1) is 27.9 Å². The van der Waals surface area contributed by atoms with Gasteiger partial charge in [-0.1, -0.05) is 49.3 Å². The largest absolute Gasteiger partial charge is 0.775 e. The van der Waals surface area contributed by atoms with Crippen molar-refractivity contribution in [3.8, 4) is 0 Å². The Morgan fingerprint density at radius 1 is 1.03 bits per heavy atom. The van der Waals surface area contributed by atoms with Crippen molar-refractivity contribution < 1.29 is 32.2 Å². The number of fused-ring (bicyclic) bond motifs is 5. The lowest BCUT2D eigenvalue weighted by molar-refractivity contribution is -0.169. The molecule has 6 nitrogen and oxygen atoms in total. The molecule has 5 aliphatic rings. The number of carbonyl (C=O) groups excluding carboxylic acids is 2. The van der Waals surface area contributed by atoms with Gasteiger partial charge in [0, 0.05) is 18.5 Å². The molecule has 2 saturated carbocycles. The first-order valence-corrected chi connectivity index (χ1v) is 13.3. The van der Waals surface area contributed by atoms with E-state index in [4.69, 9.17) is 9.47 Å². The Balaban J connectivity index is 1.46. The molecule has 0 aromatic carbocycles. The Bertz CT molecular complexity index is 1070. The molecule has 0 aliphatic heterocycles. The third-order valence-electron chi connectivity index (χ3n) is 7.25. The maximum atomic E-state index is 13.3. The van der Waals surface area contributed by atoms with Crippen molar-refractivity contribution in [1.29, 1.82) is 0 Å². The Morgan fingerprint density at radius 2 is 1.65 bits per heavy atom. The maximum absolute atomic E-state index is 13.3. The zero-order chi connectivity index (χ0) is 27.2. The van der Waals surface area contributed by atoms with Crippen LogP contribution in [-0.2, 0) is 19.1 Å². The minimum absolute atomic E-state index is 0.102. The van der Waals surface area contributed by atoms with Crippen LogP contribution in [0.1, 0.15) is 59.8 Å². The molecule has 2 bridgehead atoms. The SMILES string of the molecule is CC1C=C2CC2=CC(C)(C(=O)OCC(CN([O-])SC(F)(F)F)OC(=O)C2(C)C=C3CC(=CC(C)C2)C3)C1. The molecule has 5 atom stereocenters. The second-order valence-corrected chi connectivity index (χ2v) is 12.4. The van der Waals surface area contributed by atoms with Gasteiger partial charge in [-0.05, 0) is 68.9 Å². The molecular formula is C27H33F3NO5S-. The first-order chi connectivity index (χ1) is 17.1. The fourth-order valence-corrected chi connectivity index (χ4v) is 6.20. The smallest absolute Gasteiger partial charge is 0.455 e. The van der Waals surface area contributed by atoms with Crippen molar-refractivity contribution in [3.05, 3.63) is 51.8 Å². The molecule has 0 heterocycles. The number of alkyl halides is 3. The summed E-state index contributed by atoms with van der Waals surface area (Å²) in [5, 5.41) is 12.1. The molecule has 0 amide bonds. The van der Waals surface area contributed by atoms with Crippen molar-refractivity contribution in [2.75, 3.05) is 13.2 Å². The van der Waals surface area contributed by atoms with E-state index in [0.29, 0.717) is 12.8 Å². The second kappa shape index (κ2) is 10.3. The summed E-state index contributed by atoms with van der Waals surface area (Å²) < 4.78 is 49.1. The monoisotopic (exact) mass is 540 g/mol. The molecule has 5 unspecified atom stereocenters. The summed E-state index contributed by atoms with van der Waals surface area (Å²) in [6.07, 6.45) is 10.1. The van der Waals surface area contributed by atoms with Crippen LogP contribution >= 0.6 is 11.9 Å². The van der Waals surface area contributed by atoms with Crippen LogP contribution in [0.3, 0.4) is 0 Å². The molecule has 0 spiro atoms. The molecule has 0 radical (unpaired) electrons. The lowest BCUT2D eigenvalue weighted by Crippen LogP contribution is -2.41. The molecular weight excluding hydrogens is 507 g/mol. The molecule has 2 fully saturated rings. The topological polar surface area (TPSA) is 78.9 Å². The van der Waals surface area contributed by atoms with E-state index in [1.54, 1.807) is 13.8 Å². The van der Waals surface area contributed by atoms with Crippen LogP contribution in [0.5, 0.6) is 0 Å². The summed E-state index contributed by atoms with van der Waals surface area (Å²) in [7, 11) is 0. The normalized spacial score (nSPS) is 31.7. The summed E-state index contributed by atoms with van der Waals surface area (Å²) in [4.78, 5) is 26.4. The van der Waals surface area contributed by atoms with Gasteiger partial charge >= 0.3 is 17.4 Å².